The number of nitrogens with one attached hydrogen (secondary N) is 1. The molecule has 0 heterocycles. The van der Waals surface area contributed by atoms with Crippen LogP contribution in [0.15, 0.2) is 48.5 Å². The summed E-state index contributed by atoms with van der Waals surface area (Å²) >= 11 is 0. The Kier molecular flexibility index (Phi) is 6.10. The van der Waals surface area contributed by atoms with Crippen LogP contribution in [0.5, 0.6) is 0 Å². The number of Topliss-reactive ketones (excluding diaryl/α,β-unsaturated/α-hetero) is 1. The predicted molar refractivity (Wildman–Crippen MR) is 100 cm³/mol. The smallest absolute Gasteiger partial charge is 0.341 e. The topological polar surface area (TPSA) is 72.5 Å². The molecule has 0 unspecified atom stereocenters. The van der Waals surface area contributed by atoms with Gasteiger partial charge in [0.2, 0.25) is 11.7 Å². The molecule has 0 aliphatic carbocycles. The molecule has 1 amide bonds. The number of anilines is 1. The maximum absolute atomic E-state index is 13.6. The summed E-state index contributed by atoms with van der Waals surface area (Å²) in [5.41, 5.74) is 0.113. The number of benzene rings is 2. The Balaban J connectivity index is 2.03. The highest BCUT2D eigenvalue weighted by atomic mass is 19.1. The quantitative estimate of drug-likeness (QED) is 0.630. The van der Waals surface area contributed by atoms with Gasteiger partial charge in [0, 0.05) is 16.7 Å². The Hall–Kier alpha value is -3.02. The third kappa shape index (κ3) is 5.23. The van der Waals surface area contributed by atoms with Crippen molar-refractivity contribution >= 4 is 23.3 Å². The zero-order valence-corrected chi connectivity index (χ0v) is 15.7. The van der Waals surface area contributed by atoms with Gasteiger partial charge < -0.3 is 10.1 Å². The highest BCUT2D eigenvalue weighted by molar-refractivity contribution is 6.02. The van der Waals surface area contributed by atoms with E-state index in [1.807, 2.05) is 0 Å². The van der Waals surface area contributed by atoms with Crippen LogP contribution in [0.4, 0.5) is 10.1 Å². The Morgan fingerprint density at radius 1 is 1.00 bits per heavy atom. The summed E-state index contributed by atoms with van der Waals surface area (Å²) in [6, 6.07) is 11.7. The van der Waals surface area contributed by atoms with Crippen molar-refractivity contribution in [2.75, 3.05) is 5.32 Å². The second kappa shape index (κ2) is 8.12. The second-order valence-corrected chi connectivity index (χ2v) is 7.17. The highest BCUT2D eigenvalue weighted by Gasteiger charge is 2.23. The Morgan fingerprint density at radius 3 is 2.15 bits per heavy atom. The first-order chi connectivity index (χ1) is 12.6. The molecule has 0 radical (unpaired) electrons. The van der Waals surface area contributed by atoms with Gasteiger partial charge in [-0.1, -0.05) is 32.9 Å². The number of esters is 1. The van der Waals surface area contributed by atoms with E-state index in [0.29, 0.717) is 11.3 Å². The van der Waals surface area contributed by atoms with E-state index in [2.05, 4.69) is 5.32 Å². The molecule has 2 aromatic rings. The number of halogens is 1. The number of carbonyl (C=O) groups is 3. The monoisotopic (exact) mass is 371 g/mol. The van der Waals surface area contributed by atoms with Gasteiger partial charge in [-0.2, -0.15) is 0 Å². The highest BCUT2D eigenvalue weighted by Crippen LogP contribution is 2.19. The van der Waals surface area contributed by atoms with E-state index in [1.54, 1.807) is 32.9 Å². The van der Waals surface area contributed by atoms with Crippen LogP contribution >= 0.6 is 0 Å². The van der Waals surface area contributed by atoms with Gasteiger partial charge in [-0.25, -0.2) is 9.18 Å². The molecule has 1 N–H and O–H groups in total. The maximum atomic E-state index is 13.6. The van der Waals surface area contributed by atoms with Crippen molar-refractivity contribution in [2.45, 2.75) is 33.8 Å². The Morgan fingerprint density at radius 2 is 1.59 bits per heavy atom. The van der Waals surface area contributed by atoms with E-state index in [9.17, 15) is 18.8 Å². The van der Waals surface area contributed by atoms with Gasteiger partial charge in [0.05, 0.1) is 5.56 Å². The van der Waals surface area contributed by atoms with Crippen LogP contribution in [0.25, 0.3) is 0 Å². The lowest BCUT2D eigenvalue weighted by atomic mass is 9.95. The molecule has 0 saturated carbocycles. The van der Waals surface area contributed by atoms with Crippen molar-refractivity contribution < 1.29 is 23.5 Å². The molecule has 0 bridgehead atoms. The lowest BCUT2D eigenvalue weighted by Gasteiger charge is -2.18. The Bertz CT molecular complexity index is 853. The summed E-state index contributed by atoms with van der Waals surface area (Å²) in [4.78, 5) is 36.4. The van der Waals surface area contributed by atoms with Crippen molar-refractivity contribution in [2.24, 2.45) is 5.41 Å². The van der Waals surface area contributed by atoms with Crippen molar-refractivity contribution in [1.82, 2.24) is 0 Å². The third-order valence-electron chi connectivity index (χ3n) is 3.86. The molecule has 1 atom stereocenters. The minimum Gasteiger partial charge on any atom is -0.451 e. The largest absolute Gasteiger partial charge is 0.451 e. The number of hydrogen-bond donors (Lipinski definition) is 1. The molecule has 5 nitrogen and oxygen atoms in total. The number of amides is 1. The zero-order chi connectivity index (χ0) is 20.2. The average molecular weight is 371 g/mol. The SMILES string of the molecule is C[C@H](OC(=O)c1ccccc1F)C(=O)c1ccc(NC(=O)C(C)(C)C)cc1. The summed E-state index contributed by atoms with van der Waals surface area (Å²) in [7, 11) is 0. The van der Waals surface area contributed by atoms with Crippen LogP contribution in [0.1, 0.15) is 48.4 Å². The van der Waals surface area contributed by atoms with Crippen LogP contribution in [-0.4, -0.2) is 23.8 Å². The molecule has 0 saturated heterocycles. The zero-order valence-electron chi connectivity index (χ0n) is 15.7. The summed E-state index contributed by atoms with van der Waals surface area (Å²) in [5, 5.41) is 2.76. The average Bonchev–Trinajstić information content (AvgIpc) is 2.61. The molecule has 142 valence electrons. The number of carbonyl (C=O) groups excluding carboxylic acids is 3. The van der Waals surface area contributed by atoms with E-state index < -0.39 is 29.1 Å². The number of hydrogen-bond acceptors (Lipinski definition) is 4. The third-order valence-corrected chi connectivity index (χ3v) is 3.86. The molecule has 0 aromatic heterocycles. The lowest BCUT2D eigenvalue weighted by Crippen LogP contribution is -2.27. The van der Waals surface area contributed by atoms with E-state index >= 15 is 0 Å². The fourth-order valence-electron chi connectivity index (χ4n) is 2.18. The molecular weight excluding hydrogens is 349 g/mol. The van der Waals surface area contributed by atoms with Crippen LogP contribution in [0.3, 0.4) is 0 Å². The van der Waals surface area contributed by atoms with Crippen LogP contribution in [0, 0.1) is 11.2 Å². The van der Waals surface area contributed by atoms with Gasteiger partial charge in [0.15, 0.2) is 6.10 Å². The van der Waals surface area contributed by atoms with Gasteiger partial charge in [-0.15, -0.1) is 0 Å². The van der Waals surface area contributed by atoms with E-state index in [0.717, 1.165) is 6.07 Å². The number of ketones is 1. The van der Waals surface area contributed by atoms with Crippen molar-refractivity contribution in [3.05, 3.63) is 65.5 Å². The molecule has 0 aliphatic rings. The van der Waals surface area contributed by atoms with Gasteiger partial charge in [-0.3, -0.25) is 9.59 Å². The molecule has 0 aliphatic heterocycles. The molecular formula is C21H22FNO4. The summed E-state index contributed by atoms with van der Waals surface area (Å²) in [5.74, 6) is -2.17. The molecule has 2 rings (SSSR count). The Labute approximate surface area is 157 Å². The first kappa shape index (κ1) is 20.3. The first-order valence-corrected chi connectivity index (χ1v) is 8.51. The molecule has 0 spiro atoms. The molecule has 6 heteroatoms. The number of rotatable bonds is 5. The molecule has 27 heavy (non-hydrogen) atoms. The van der Waals surface area contributed by atoms with Gasteiger partial charge >= 0.3 is 5.97 Å². The first-order valence-electron chi connectivity index (χ1n) is 8.51. The van der Waals surface area contributed by atoms with E-state index in [4.69, 9.17) is 4.74 Å². The van der Waals surface area contributed by atoms with Crippen molar-refractivity contribution in [3.8, 4) is 0 Å². The standard InChI is InChI=1S/C21H22FNO4/c1-13(27-19(25)16-7-5-6-8-17(16)22)18(24)14-9-11-15(12-10-14)23-20(26)21(2,3)4/h5-13H,1-4H3,(H,23,26)/t13-/m0/s1. The van der Waals surface area contributed by atoms with E-state index in [-0.39, 0.29) is 11.5 Å². The summed E-state index contributed by atoms with van der Waals surface area (Å²) < 4.78 is 18.7. The molecule has 0 fully saturated rings. The van der Waals surface area contributed by atoms with E-state index in [1.165, 1.54) is 37.3 Å². The lowest BCUT2D eigenvalue weighted by molar-refractivity contribution is -0.123. The summed E-state index contributed by atoms with van der Waals surface area (Å²) in [6.45, 7) is 6.82. The van der Waals surface area contributed by atoms with Crippen molar-refractivity contribution in [1.29, 1.82) is 0 Å². The minimum atomic E-state index is -1.08. The van der Waals surface area contributed by atoms with Gasteiger partial charge in [0.1, 0.15) is 5.82 Å². The van der Waals surface area contributed by atoms with Crippen LogP contribution in [0.2, 0.25) is 0 Å². The fourth-order valence-corrected chi connectivity index (χ4v) is 2.18. The number of ether oxygens (including phenoxy) is 1. The fraction of sp³-hybridized carbons (Fsp3) is 0.286. The van der Waals surface area contributed by atoms with Gasteiger partial charge in [-0.05, 0) is 43.3 Å². The predicted octanol–water partition coefficient (Wildman–Crippen LogP) is 4.24. The van der Waals surface area contributed by atoms with Gasteiger partial charge in [0.25, 0.3) is 0 Å². The maximum Gasteiger partial charge on any atom is 0.341 e. The molecule has 2 aromatic carbocycles. The normalized spacial score (nSPS) is 12.2. The van der Waals surface area contributed by atoms with Crippen molar-refractivity contribution in [3.63, 3.8) is 0 Å². The minimum absolute atomic E-state index is 0.145. The summed E-state index contributed by atoms with van der Waals surface area (Å²) in [6.07, 6.45) is -1.08. The second-order valence-electron chi connectivity index (χ2n) is 7.17. The van der Waals surface area contributed by atoms with Crippen LogP contribution in [-0.2, 0) is 9.53 Å². The van der Waals surface area contributed by atoms with Crippen LogP contribution < -0.4 is 5.32 Å².